The summed E-state index contributed by atoms with van der Waals surface area (Å²) in [5.41, 5.74) is 2.25. The molecular weight excluding hydrogens is 346 g/mol. The van der Waals surface area contributed by atoms with Crippen LogP contribution in [0.25, 0.3) is 11.0 Å². The van der Waals surface area contributed by atoms with E-state index in [0.29, 0.717) is 24.6 Å². The minimum absolute atomic E-state index is 0.243. The van der Waals surface area contributed by atoms with Crippen LogP contribution in [-0.2, 0) is 28.0 Å². The molecule has 7 nitrogen and oxygen atoms in total. The van der Waals surface area contributed by atoms with Crippen molar-refractivity contribution in [2.75, 3.05) is 0 Å². The molecule has 27 heavy (non-hydrogen) atoms. The molecule has 0 bridgehead atoms. The number of fused-ring (bicyclic) bond motifs is 1. The number of imidazole rings is 1. The quantitative estimate of drug-likeness (QED) is 0.835. The zero-order chi connectivity index (χ0) is 19.0. The van der Waals surface area contributed by atoms with Crippen molar-refractivity contribution in [3.05, 3.63) is 34.2 Å². The second-order valence-corrected chi connectivity index (χ2v) is 7.57. The molecule has 2 amide bonds. The maximum absolute atomic E-state index is 12.8. The number of carbonyl (C=O) groups excluding carboxylic acids is 2. The molecule has 1 saturated carbocycles. The largest absolute Gasteiger partial charge is 0.374 e. The molecule has 4 rings (SSSR count). The third-order valence-electron chi connectivity index (χ3n) is 5.71. The molecule has 2 heterocycles. The van der Waals surface area contributed by atoms with E-state index >= 15 is 0 Å². The smallest absolute Gasteiger partial charge is 0.329 e. The predicted octanol–water partition coefficient (Wildman–Crippen LogP) is 2.17. The standard InChI is InChI=1S/C20H25N3O4/c1-22-17-11-13(12-27-14-5-3-2-4-6-14)7-8-15(17)23(20(22)26)16-9-10-18(24)21-19(16)25/h7-8,11,14,16H,2-6,9-10,12H2,1H3,(H,21,24,25). The van der Waals surface area contributed by atoms with E-state index in [1.165, 1.54) is 23.8 Å². The van der Waals surface area contributed by atoms with E-state index in [0.717, 1.165) is 23.9 Å². The summed E-state index contributed by atoms with van der Waals surface area (Å²) in [5.74, 6) is -0.697. The van der Waals surface area contributed by atoms with Crippen LogP contribution in [0.4, 0.5) is 0 Å². The van der Waals surface area contributed by atoms with Gasteiger partial charge in [-0.25, -0.2) is 4.79 Å². The van der Waals surface area contributed by atoms with E-state index in [-0.39, 0.29) is 18.0 Å². The highest BCUT2D eigenvalue weighted by atomic mass is 16.5. The lowest BCUT2D eigenvalue weighted by molar-refractivity contribution is -0.135. The molecule has 1 aromatic heterocycles. The number of hydrogen-bond acceptors (Lipinski definition) is 4. The van der Waals surface area contributed by atoms with Crippen LogP contribution >= 0.6 is 0 Å². The highest BCUT2D eigenvalue weighted by Gasteiger charge is 2.31. The van der Waals surface area contributed by atoms with Gasteiger partial charge in [-0.2, -0.15) is 0 Å². The molecule has 1 aromatic carbocycles. The molecule has 1 saturated heterocycles. The number of hydrogen-bond donors (Lipinski definition) is 1. The average molecular weight is 371 g/mol. The molecular formula is C20H25N3O4. The summed E-state index contributed by atoms with van der Waals surface area (Å²) >= 11 is 0. The van der Waals surface area contributed by atoms with Gasteiger partial charge in [-0.3, -0.25) is 24.0 Å². The molecule has 1 N–H and O–H groups in total. The molecule has 2 aromatic rings. The summed E-state index contributed by atoms with van der Waals surface area (Å²) in [5, 5.41) is 2.33. The highest BCUT2D eigenvalue weighted by molar-refractivity contribution is 6.00. The van der Waals surface area contributed by atoms with E-state index in [4.69, 9.17) is 4.74 Å². The molecule has 1 atom stereocenters. The van der Waals surface area contributed by atoms with Gasteiger partial charge in [0.1, 0.15) is 6.04 Å². The van der Waals surface area contributed by atoms with Gasteiger partial charge in [0.25, 0.3) is 0 Å². The minimum Gasteiger partial charge on any atom is -0.374 e. The molecule has 144 valence electrons. The van der Waals surface area contributed by atoms with Gasteiger partial charge in [-0.1, -0.05) is 25.3 Å². The van der Waals surface area contributed by atoms with E-state index in [9.17, 15) is 14.4 Å². The summed E-state index contributed by atoms with van der Waals surface area (Å²) in [7, 11) is 1.71. The lowest BCUT2D eigenvalue weighted by Gasteiger charge is -2.22. The van der Waals surface area contributed by atoms with Crippen molar-refractivity contribution >= 4 is 22.8 Å². The maximum atomic E-state index is 12.8. The Hall–Kier alpha value is -2.41. The van der Waals surface area contributed by atoms with Crippen LogP contribution in [0.5, 0.6) is 0 Å². The monoisotopic (exact) mass is 371 g/mol. The third-order valence-corrected chi connectivity index (χ3v) is 5.71. The number of aryl methyl sites for hydroxylation is 1. The van der Waals surface area contributed by atoms with Crippen LogP contribution in [0, 0.1) is 0 Å². The topological polar surface area (TPSA) is 82.3 Å². The first-order valence-corrected chi connectivity index (χ1v) is 9.70. The number of nitrogens with zero attached hydrogens (tertiary/aromatic N) is 2. The summed E-state index contributed by atoms with van der Waals surface area (Å²) in [6.45, 7) is 0.526. The number of aromatic nitrogens is 2. The molecule has 0 spiro atoms. The normalized spacial score (nSPS) is 21.6. The lowest BCUT2D eigenvalue weighted by Crippen LogP contribution is -2.44. The zero-order valence-electron chi connectivity index (χ0n) is 15.6. The first-order chi connectivity index (χ1) is 13.0. The first-order valence-electron chi connectivity index (χ1n) is 9.70. The number of amides is 2. The van der Waals surface area contributed by atoms with Gasteiger partial charge in [-0.15, -0.1) is 0 Å². The average Bonchev–Trinajstić information content (AvgIpc) is 2.92. The Labute approximate surface area is 157 Å². The Morgan fingerprint density at radius 2 is 1.85 bits per heavy atom. The van der Waals surface area contributed by atoms with Crippen molar-refractivity contribution < 1.29 is 14.3 Å². The van der Waals surface area contributed by atoms with Crippen molar-refractivity contribution in [2.24, 2.45) is 7.05 Å². The fourth-order valence-corrected chi connectivity index (χ4v) is 4.17. The zero-order valence-corrected chi connectivity index (χ0v) is 15.6. The van der Waals surface area contributed by atoms with Gasteiger partial charge in [0.2, 0.25) is 11.8 Å². The predicted molar refractivity (Wildman–Crippen MR) is 100 cm³/mol. The van der Waals surface area contributed by atoms with Crippen molar-refractivity contribution in [1.82, 2.24) is 14.5 Å². The second-order valence-electron chi connectivity index (χ2n) is 7.57. The van der Waals surface area contributed by atoms with Gasteiger partial charge in [0.15, 0.2) is 0 Å². The highest BCUT2D eigenvalue weighted by Crippen LogP contribution is 2.25. The minimum atomic E-state index is -0.650. The molecule has 1 aliphatic carbocycles. The van der Waals surface area contributed by atoms with Crippen molar-refractivity contribution in [3.8, 4) is 0 Å². The van der Waals surface area contributed by atoms with Gasteiger partial charge in [0.05, 0.1) is 23.7 Å². The van der Waals surface area contributed by atoms with Gasteiger partial charge >= 0.3 is 5.69 Å². The molecule has 1 unspecified atom stereocenters. The van der Waals surface area contributed by atoms with E-state index in [2.05, 4.69) is 5.32 Å². The van der Waals surface area contributed by atoms with Crippen molar-refractivity contribution in [2.45, 2.75) is 63.7 Å². The fraction of sp³-hybridized carbons (Fsp3) is 0.550. The van der Waals surface area contributed by atoms with Crippen LogP contribution in [0.15, 0.2) is 23.0 Å². The molecule has 0 radical (unpaired) electrons. The number of carbonyl (C=O) groups is 2. The van der Waals surface area contributed by atoms with Crippen LogP contribution in [-0.4, -0.2) is 27.1 Å². The van der Waals surface area contributed by atoms with Gasteiger partial charge in [-0.05, 0) is 37.0 Å². The van der Waals surface area contributed by atoms with Crippen LogP contribution in [0.1, 0.15) is 56.6 Å². The summed E-state index contributed by atoms with van der Waals surface area (Å²) < 4.78 is 9.11. The van der Waals surface area contributed by atoms with Gasteiger partial charge < -0.3 is 4.74 Å². The fourth-order valence-electron chi connectivity index (χ4n) is 4.17. The van der Waals surface area contributed by atoms with Crippen LogP contribution < -0.4 is 11.0 Å². The Balaban J connectivity index is 1.61. The van der Waals surface area contributed by atoms with E-state index in [1.807, 2.05) is 18.2 Å². The van der Waals surface area contributed by atoms with E-state index < -0.39 is 11.9 Å². The molecule has 2 aliphatic rings. The summed E-state index contributed by atoms with van der Waals surface area (Å²) in [4.78, 5) is 36.4. The number of imide groups is 1. The van der Waals surface area contributed by atoms with Crippen molar-refractivity contribution in [1.29, 1.82) is 0 Å². The Bertz CT molecular complexity index is 937. The SMILES string of the molecule is Cn1c(=O)n(C2CCC(=O)NC2=O)c2ccc(COC3CCCCC3)cc21. The Morgan fingerprint density at radius 3 is 2.59 bits per heavy atom. The van der Waals surface area contributed by atoms with Crippen molar-refractivity contribution in [3.63, 3.8) is 0 Å². The summed E-state index contributed by atoms with van der Waals surface area (Å²) in [6.07, 6.45) is 6.90. The van der Waals surface area contributed by atoms with Gasteiger partial charge in [0, 0.05) is 13.5 Å². The first kappa shape index (κ1) is 18.0. The van der Waals surface area contributed by atoms with Crippen LogP contribution in [0.2, 0.25) is 0 Å². The third kappa shape index (κ3) is 3.43. The number of piperidine rings is 1. The molecule has 2 fully saturated rings. The summed E-state index contributed by atoms with van der Waals surface area (Å²) in [6, 6.07) is 5.14. The Morgan fingerprint density at radius 1 is 1.07 bits per heavy atom. The molecule has 1 aliphatic heterocycles. The lowest BCUT2D eigenvalue weighted by atomic mass is 9.98. The molecule has 7 heteroatoms. The number of benzene rings is 1. The van der Waals surface area contributed by atoms with Crippen LogP contribution in [0.3, 0.4) is 0 Å². The Kier molecular flexibility index (Phi) is 4.86. The number of nitrogens with one attached hydrogen (secondary N) is 1. The number of ether oxygens (including phenoxy) is 1. The van der Waals surface area contributed by atoms with E-state index in [1.54, 1.807) is 11.6 Å². The second kappa shape index (κ2) is 7.31. The maximum Gasteiger partial charge on any atom is 0.329 e. The number of rotatable bonds is 4.